The highest BCUT2D eigenvalue weighted by Gasteiger charge is 2.49. The Bertz CT molecular complexity index is 1190. The third-order valence-corrected chi connectivity index (χ3v) is 7.54. The summed E-state index contributed by atoms with van der Waals surface area (Å²) in [7, 11) is 0. The van der Waals surface area contributed by atoms with Crippen molar-refractivity contribution in [3.05, 3.63) is 70.9 Å². The van der Waals surface area contributed by atoms with Gasteiger partial charge in [-0.05, 0) is 42.5 Å². The molecule has 5 nitrogen and oxygen atoms in total. The van der Waals surface area contributed by atoms with Gasteiger partial charge in [-0.1, -0.05) is 55.3 Å². The largest absolute Gasteiger partial charge is 0.356 e. The minimum Gasteiger partial charge on any atom is -0.356 e. The molecule has 6 rings (SSSR count). The number of H-pyrrole nitrogens is 1. The van der Waals surface area contributed by atoms with E-state index < -0.39 is 6.04 Å². The summed E-state index contributed by atoms with van der Waals surface area (Å²) < 4.78 is 0. The molecular formula is C26H27N3O2. The van der Waals surface area contributed by atoms with Gasteiger partial charge in [0.05, 0.1) is 6.04 Å². The highest BCUT2D eigenvalue weighted by Crippen LogP contribution is 2.44. The Morgan fingerprint density at radius 3 is 2.52 bits per heavy atom. The number of carbonyl (C=O) groups excluding carboxylic acids is 2. The summed E-state index contributed by atoms with van der Waals surface area (Å²) in [6.45, 7) is 2.29. The minimum absolute atomic E-state index is 0.0639. The first-order valence-electron chi connectivity index (χ1n) is 11.4. The molecular weight excluding hydrogens is 386 g/mol. The maximum atomic E-state index is 13.7. The van der Waals surface area contributed by atoms with Gasteiger partial charge in [0.15, 0.2) is 0 Å². The molecule has 1 saturated carbocycles. The van der Waals surface area contributed by atoms with Crippen LogP contribution in [0.3, 0.4) is 0 Å². The van der Waals surface area contributed by atoms with Crippen LogP contribution in [0, 0.1) is 6.92 Å². The molecule has 2 aliphatic heterocycles. The average molecular weight is 414 g/mol. The number of piperazine rings is 1. The van der Waals surface area contributed by atoms with Gasteiger partial charge in [-0.25, -0.2) is 0 Å². The number of rotatable bonds is 2. The fourth-order valence-corrected chi connectivity index (χ4v) is 6.03. The number of aryl methyl sites for hydroxylation is 1. The molecule has 3 aliphatic rings. The highest BCUT2D eigenvalue weighted by molar-refractivity contribution is 5.98. The highest BCUT2D eigenvalue weighted by atomic mass is 16.2. The van der Waals surface area contributed by atoms with E-state index in [1.807, 2.05) is 34.1 Å². The van der Waals surface area contributed by atoms with Crippen LogP contribution in [0.25, 0.3) is 10.9 Å². The summed E-state index contributed by atoms with van der Waals surface area (Å²) >= 11 is 0. The van der Waals surface area contributed by atoms with Crippen molar-refractivity contribution in [1.29, 1.82) is 0 Å². The number of carbonyl (C=O) groups is 2. The van der Waals surface area contributed by atoms with Crippen molar-refractivity contribution < 1.29 is 9.59 Å². The molecule has 5 heteroatoms. The smallest absolute Gasteiger partial charge is 0.246 e. The van der Waals surface area contributed by atoms with E-state index in [0.29, 0.717) is 6.42 Å². The van der Waals surface area contributed by atoms with Crippen molar-refractivity contribution in [1.82, 2.24) is 14.8 Å². The van der Waals surface area contributed by atoms with E-state index in [1.54, 1.807) is 0 Å². The molecule has 2 aromatic carbocycles. The predicted molar refractivity (Wildman–Crippen MR) is 120 cm³/mol. The van der Waals surface area contributed by atoms with Crippen LogP contribution in [-0.2, 0) is 16.0 Å². The zero-order valence-corrected chi connectivity index (χ0v) is 17.8. The van der Waals surface area contributed by atoms with Crippen molar-refractivity contribution in [3.63, 3.8) is 0 Å². The Hall–Kier alpha value is -3.08. The van der Waals surface area contributed by atoms with Crippen molar-refractivity contribution in [3.8, 4) is 0 Å². The number of aromatic nitrogens is 1. The number of nitrogens with zero attached hydrogens (tertiary/aromatic N) is 2. The molecule has 0 bridgehead atoms. The molecule has 2 amide bonds. The first-order valence-corrected chi connectivity index (χ1v) is 11.4. The summed E-state index contributed by atoms with van der Waals surface area (Å²) in [6.07, 6.45) is 4.91. The van der Waals surface area contributed by atoms with Gasteiger partial charge in [-0.2, -0.15) is 0 Å². The Morgan fingerprint density at radius 2 is 1.71 bits per heavy atom. The van der Waals surface area contributed by atoms with Gasteiger partial charge in [-0.3, -0.25) is 9.59 Å². The van der Waals surface area contributed by atoms with Gasteiger partial charge >= 0.3 is 0 Å². The van der Waals surface area contributed by atoms with Crippen LogP contribution >= 0.6 is 0 Å². The quantitative estimate of drug-likeness (QED) is 0.688. The number of para-hydroxylation sites is 1. The van der Waals surface area contributed by atoms with Crippen molar-refractivity contribution in [2.75, 3.05) is 6.54 Å². The fourth-order valence-electron chi connectivity index (χ4n) is 6.03. The van der Waals surface area contributed by atoms with E-state index in [9.17, 15) is 9.59 Å². The minimum atomic E-state index is -0.432. The lowest BCUT2D eigenvalue weighted by Gasteiger charge is -2.48. The van der Waals surface area contributed by atoms with E-state index in [2.05, 4.69) is 36.2 Å². The molecule has 2 fully saturated rings. The van der Waals surface area contributed by atoms with Crippen LogP contribution in [0.15, 0.2) is 48.5 Å². The molecule has 3 aromatic rings. The third kappa shape index (κ3) is 2.75. The van der Waals surface area contributed by atoms with E-state index in [4.69, 9.17) is 0 Å². The van der Waals surface area contributed by atoms with Gasteiger partial charge in [0.1, 0.15) is 12.6 Å². The molecule has 1 saturated heterocycles. The topological polar surface area (TPSA) is 56.4 Å². The summed E-state index contributed by atoms with van der Waals surface area (Å²) in [6, 6.07) is 16.0. The molecule has 1 aliphatic carbocycles. The maximum absolute atomic E-state index is 13.7. The Morgan fingerprint density at radius 1 is 0.968 bits per heavy atom. The Balaban J connectivity index is 1.53. The second-order valence-electron chi connectivity index (χ2n) is 9.25. The first-order chi connectivity index (χ1) is 15.1. The van der Waals surface area contributed by atoms with Gasteiger partial charge in [0.25, 0.3) is 0 Å². The molecule has 158 valence electrons. The zero-order valence-electron chi connectivity index (χ0n) is 17.8. The maximum Gasteiger partial charge on any atom is 0.246 e. The van der Waals surface area contributed by atoms with Gasteiger partial charge in [0.2, 0.25) is 11.8 Å². The summed E-state index contributed by atoms with van der Waals surface area (Å²) in [5, 5.41) is 1.16. The van der Waals surface area contributed by atoms with Crippen LogP contribution in [0.5, 0.6) is 0 Å². The molecule has 0 radical (unpaired) electrons. The molecule has 31 heavy (non-hydrogen) atoms. The number of fused-ring (bicyclic) bond motifs is 4. The van der Waals surface area contributed by atoms with Crippen LogP contribution in [0.4, 0.5) is 0 Å². The second-order valence-corrected chi connectivity index (χ2v) is 9.25. The lowest BCUT2D eigenvalue weighted by atomic mass is 9.84. The number of hydrogen-bond donors (Lipinski definition) is 1. The van der Waals surface area contributed by atoms with Gasteiger partial charge in [-0.15, -0.1) is 0 Å². The van der Waals surface area contributed by atoms with E-state index in [0.717, 1.165) is 53.4 Å². The number of aromatic amines is 1. The van der Waals surface area contributed by atoms with Crippen LogP contribution in [0.2, 0.25) is 0 Å². The molecule has 1 N–H and O–H groups in total. The predicted octanol–water partition coefficient (Wildman–Crippen LogP) is 4.10. The van der Waals surface area contributed by atoms with Crippen molar-refractivity contribution in [2.45, 2.75) is 57.2 Å². The fraction of sp³-hybridized carbons (Fsp3) is 0.385. The number of nitrogens with one attached hydrogen (secondary N) is 1. The third-order valence-electron chi connectivity index (χ3n) is 7.54. The van der Waals surface area contributed by atoms with Crippen molar-refractivity contribution >= 4 is 22.7 Å². The lowest BCUT2D eigenvalue weighted by Crippen LogP contribution is -2.64. The van der Waals surface area contributed by atoms with E-state index in [-0.39, 0.29) is 30.4 Å². The molecule has 0 unspecified atom stereocenters. The Kier molecular flexibility index (Phi) is 4.20. The second kappa shape index (κ2) is 6.98. The summed E-state index contributed by atoms with van der Waals surface area (Å²) in [4.78, 5) is 34.7. The normalized spacial score (nSPS) is 24.0. The summed E-state index contributed by atoms with van der Waals surface area (Å²) in [5.41, 5.74) is 5.53. The molecule has 3 heterocycles. The van der Waals surface area contributed by atoms with Crippen molar-refractivity contribution in [2.24, 2.45) is 0 Å². The Labute approximate surface area is 182 Å². The number of amides is 2. The van der Waals surface area contributed by atoms with Crippen LogP contribution in [0.1, 0.15) is 54.1 Å². The number of hydrogen-bond acceptors (Lipinski definition) is 2. The van der Waals surface area contributed by atoms with E-state index in [1.165, 1.54) is 5.56 Å². The van der Waals surface area contributed by atoms with Crippen LogP contribution < -0.4 is 0 Å². The lowest BCUT2D eigenvalue weighted by molar-refractivity contribution is -0.160. The SMILES string of the molecule is Cc1ccccc1[C@@H]1c2[nH]c3ccccc3c2C[C@H]2C(=O)N(C3CCCC3)CC(=O)N12. The molecule has 2 atom stereocenters. The number of benzene rings is 2. The van der Waals surface area contributed by atoms with E-state index >= 15 is 0 Å². The van der Waals surface area contributed by atoms with Crippen LogP contribution in [-0.4, -0.2) is 45.2 Å². The molecule has 1 aromatic heterocycles. The van der Waals surface area contributed by atoms with Gasteiger partial charge in [0, 0.05) is 29.1 Å². The standard InChI is InChI=1S/C26H27N3O2/c1-16-8-2-5-11-18(16)25-24-20(19-12-6-7-13-21(19)27-24)14-22-26(31)28(15-23(30)29(22)25)17-9-3-4-10-17/h2,5-8,11-13,17,22,25,27H,3-4,9-10,14-15H2,1H3/t22-,25+/m0/s1. The molecule has 0 spiro atoms. The zero-order chi connectivity index (χ0) is 21.1. The first kappa shape index (κ1) is 18.7. The van der Waals surface area contributed by atoms with Gasteiger partial charge < -0.3 is 14.8 Å². The average Bonchev–Trinajstić information content (AvgIpc) is 3.43. The summed E-state index contributed by atoms with van der Waals surface area (Å²) in [5.74, 6) is 0.190. The monoisotopic (exact) mass is 413 g/mol.